The predicted octanol–water partition coefficient (Wildman–Crippen LogP) is 1.98. The highest BCUT2D eigenvalue weighted by Crippen LogP contribution is 2.46. The number of carbonyl (C=O) groups excluding carboxylic acids is 2. The van der Waals surface area contributed by atoms with Gasteiger partial charge in [-0.15, -0.1) is 0 Å². The summed E-state index contributed by atoms with van der Waals surface area (Å²) in [6.45, 7) is 1.04. The number of hydrogen-bond acceptors (Lipinski definition) is 8. The molecule has 12 heteroatoms. The van der Waals surface area contributed by atoms with Crippen LogP contribution < -0.4 is 10.9 Å². The van der Waals surface area contributed by atoms with Crippen LogP contribution in [0.1, 0.15) is 53.6 Å². The number of amides is 1. The number of hydrogen-bond donors (Lipinski definition) is 3. The fourth-order valence-corrected chi connectivity index (χ4v) is 6.21. The van der Waals surface area contributed by atoms with Gasteiger partial charge < -0.3 is 29.6 Å². The average Bonchev–Trinajstić information content (AvgIpc) is 3.29. The first-order valence-electron chi connectivity index (χ1n) is 12.7. The highest BCUT2D eigenvalue weighted by Gasteiger charge is 2.46. The van der Waals surface area contributed by atoms with Crippen molar-refractivity contribution in [1.29, 1.82) is 0 Å². The number of halogens is 2. The third-order valence-corrected chi connectivity index (χ3v) is 8.25. The summed E-state index contributed by atoms with van der Waals surface area (Å²) in [4.78, 5) is 43.5. The number of nitrogens with zero attached hydrogens (tertiary/aromatic N) is 2. The SMILES string of the molecule is CC[C@@]1(O)C(=O)OCc2c1cc1n(c2=O)Cc2c-1nc1cc(F)c(Cl)c3c1c2[C@H](NC(=O)COCCO)CC3. The Labute approximate surface area is 226 Å². The molecule has 1 aliphatic carbocycles. The lowest BCUT2D eigenvalue weighted by Crippen LogP contribution is -2.44. The van der Waals surface area contributed by atoms with Gasteiger partial charge in [-0.05, 0) is 36.5 Å². The molecule has 4 heterocycles. The Morgan fingerprint density at radius 3 is 2.87 bits per heavy atom. The van der Waals surface area contributed by atoms with Crippen molar-refractivity contribution >= 4 is 34.4 Å². The minimum Gasteiger partial charge on any atom is -0.458 e. The van der Waals surface area contributed by atoms with E-state index in [1.807, 2.05) is 0 Å². The van der Waals surface area contributed by atoms with Crippen LogP contribution in [0.3, 0.4) is 0 Å². The summed E-state index contributed by atoms with van der Waals surface area (Å²) in [5.41, 5.74) is 1.01. The number of aliphatic hydroxyl groups is 2. The number of carbonyl (C=O) groups is 2. The monoisotopic (exact) mass is 557 g/mol. The fourth-order valence-electron chi connectivity index (χ4n) is 5.96. The van der Waals surface area contributed by atoms with Crippen LogP contribution in [0.5, 0.6) is 0 Å². The van der Waals surface area contributed by atoms with Crippen molar-refractivity contribution in [2.75, 3.05) is 19.8 Å². The summed E-state index contributed by atoms with van der Waals surface area (Å²) in [6.07, 6.45) is 0.824. The Morgan fingerprint density at radius 2 is 2.13 bits per heavy atom. The lowest BCUT2D eigenvalue weighted by atomic mass is 9.83. The van der Waals surface area contributed by atoms with Crippen molar-refractivity contribution < 1.29 is 33.7 Å². The van der Waals surface area contributed by atoms with E-state index in [0.29, 0.717) is 51.8 Å². The van der Waals surface area contributed by atoms with Crippen LogP contribution in [0.15, 0.2) is 16.9 Å². The third kappa shape index (κ3) is 3.79. The van der Waals surface area contributed by atoms with E-state index in [1.165, 1.54) is 10.6 Å². The van der Waals surface area contributed by atoms with Gasteiger partial charge in [0.2, 0.25) is 5.91 Å². The Morgan fingerprint density at radius 1 is 1.33 bits per heavy atom. The van der Waals surface area contributed by atoms with E-state index in [2.05, 4.69) is 5.32 Å². The molecule has 39 heavy (non-hydrogen) atoms. The molecule has 6 rings (SSSR count). The quantitative estimate of drug-likeness (QED) is 0.241. The predicted molar refractivity (Wildman–Crippen MR) is 137 cm³/mol. The number of cyclic esters (lactones) is 1. The summed E-state index contributed by atoms with van der Waals surface area (Å²) in [6, 6.07) is 2.32. The number of nitrogens with one attached hydrogen (secondary N) is 1. The molecule has 204 valence electrons. The first-order valence-corrected chi connectivity index (χ1v) is 13.1. The minimum atomic E-state index is -1.98. The van der Waals surface area contributed by atoms with Crippen LogP contribution in [0.2, 0.25) is 5.02 Å². The molecule has 2 aliphatic heterocycles. The van der Waals surface area contributed by atoms with E-state index in [1.54, 1.807) is 13.0 Å². The van der Waals surface area contributed by atoms with Crippen molar-refractivity contribution in [2.45, 2.75) is 51.0 Å². The summed E-state index contributed by atoms with van der Waals surface area (Å²) in [5, 5.41) is 23.7. The zero-order valence-corrected chi connectivity index (χ0v) is 21.7. The molecule has 1 amide bonds. The van der Waals surface area contributed by atoms with Crippen LogP contribution in [0.4, 0.5) is 4.39 Å². The van der Waals surface area contributed by atoms with Gasteiger partial charge in [0.1, 0.15) is 19.0 Å². The third-order valence-electron chi connectivity index (χ3n) is 7.85. The molecule has 1 aromatic carbocycles. The number of fused-ring (bicyclic) bond motifs is 5. The number of esters is 1. The van der Waals surface area contributed by atoms with Gasteiger partial charge in [-0.25, -0.2) is 14.2 Å². The molecule has 0 saturated heterocycles. The molecular weight excluding hydrogens is 533 g/mol. The molecular formula is C27H25ClFN3O7. The number of rotatable bonds is 6. The number of aliphatic hydroxyl groups excluding tert-OH is 1. The van der Waals surface area contributed by atoms with E-state index in [4.69, 9.17) is 31.2 Å². The van der Waals surface area contributed by atoms with Gasteiger partial charge in [-0.2, -0.15) is 0 Å². The second-order valence-corrected chi connectivity index (χ2v) is 10.3. The number of benzene rings is 1. The van der Waals surface area contributed by atoms with E-state index in [-0.39, 0.29) is 55.5 Å². The van der Waals surface area contributed by atoms with Crippen LogP contribution >= 0.6 is 11.6 Å². The summed E-state index contributed by atoms with van der Waals surface area (Å²) in [5.74, 6) is -1.84. The van der Waals surface area contributed by atoms with Crippen molar-refractivity contribution in [1.82, 2.24) is 14.9 Å². The van der Waals surface area contributed by atoms with Gasteiger partial charge >= 0.3 is 5.97 Å². The number of ether oxygens (including phenoxy) is 2. The Balaban J connectivity index is 1.56. The second kappa shape index (κ2) is 9.37. The van der Waals surface area contributed by atoms with Crippen molar-refractivity contribution in [3.05, 3.63) is 61.1 Å². The highest BCUT2D eigenvalue weighted by molar-refractivity contribution is 6.32. The molecule has 0 bridgehead atoms. The maximum absolute atomic E-state index is 14.8. The van der Waals surface area contributed by atoms with Gasteiger partial charge in [0.05, 0.1) is 53.3 Å². The lowest BCUT2D eigenvalue weighted by Gasteiger charge is -2.31. The lowest BCUT2D eigenvalue weighted by molar-refractivity contribution is -0.172. The van der Waals surface area contributed by atoms with Crippen LogP contribution in [0, 0.1) is 5.82 Å². The fraction of sp³-hybridized carbons (Fsp3) is 0.407. The molecule has 0 fully saturated rings. The molecule has 0 unspecified atom stereocenters. The average molecular weight is 558 g/mol. The largest absolute Gasteiger partial charge is 0.458 e. The Bertz CT molecular complexity index is 1640. The molecule has 10 nitrogen and oxygen atoms in total. The van der Waals surface area contributed by atoms with Crippen LogP contribution in [-0.2, 0) is 44.2 Å². The topological polar surface area (TPSA) is 140 Å². The summed E-state index contributed by atoms with van der Waals surface area (Å²) in [7, 11) is 0. The summed E-state index contributed by atoms with van der Waals surface area (Å²) < 4.78 is 26.6. The minimum absolute atomic E-state index is 0.00448. The number of aromatic nitrogens is 2. The highest BCUT2D eigenvalue weighted by atomic mass is 35.5. The molecule has 0 saturated carbocycles. The molecule has 3 aromatic rings. The first-order chi connectivity index (χ1) is 18.7. The van der Waals surface area contributed by atoms with Gasteiger partial charge in [0.25, 0.3) is 5.56 Å². The Kier molecular flexibility index (Phi) is 6.22. The normalized spacial score (nSPS) is 20.8. The van der Waals surface area contributed by atoms with Crippen LogP contribution in [-0.4, -0.2) is 51.5 Å². The molecule has 3 aliphatic rings. The smallest absolute Gasteiger partial charge is 0.343 e. The number of aryl methyl sites for hydroxylation is 1. The second-order valence-electron chi connectivity index (χ2n) is 9.94. The van der Waals surface area contributed by atoms with E-state index in [0.717, 1.165) is 0 Å². The van der Waals surface area contributed by atoms with Crippen molar-refractivity contribution in [3.8, 4) is 11.4 Å². The van der Waals surface area contributed by atoms with Gasteiger partial charge in [-0.3, -0.25) is 9.59 Å². The molecule has 3 N–H and O–H groups in total. The summed E-state index contributed by atoms with van der Waals surface area (Å²) >= 11 is 6.37. The van der Waals surface area contributed by atoms with E-state index < -0.39 is 34.9 Å². The molecule has 2 atom stereocenters. The standard InChI is InChI=1S/C27H25ClFN3O7/c1-2-27(37)15-7-19-24-13(9-32(19)25(35)14(15)10-39-26(27)36)22-17(30-20(34)11-38-6-5-33)4-3-12-21(22)18(31-24)8-16(29)23(12)28/h7-8,17,33,37H,2-6,9-11H2,1H3,(H,30,34)/t17-,27+/m1/s1. The zero-order valence-electron chi connectivity index (χ0n) is 21.0. The van der Waals surface area contributed by atoms with Gasteiger partial charge in [0, 0.05) is 22.6 Å². The van der Waals surface area contributed by atoms with Crippen molar-refractivity contribution in [2.24, 2.45) is 0 Å². The first kappa shape index (κ1) is 25.9. The molecule has 0 radical (unpaired) electrons. The number of pyridine rings is 2. The van der Waals surface area contributed by atoms with E-state index in [9.17, 15) is 23.9 Å². The Hall–Kier alpha value is -3.38. The zero-order chi connectivity index (χ0) is 27.6. The molecule has 2 aromatic heterocycles. The van der Waals surface area contributed by atoms with Crippen LogP contribution in [0.25, 0.3) is 22.3 Å². The van der Waals surface area contributed by atoms with Gasteiger partial charge in [0.15, 0.2) is 5.60 Å². The molecule has 0 spiro atoms. The van der Waals surface area contributed by atoms with Gasteiger partial charge in [-0.1, -0.05) is 18.5 Å². The van der Waals surface area contributed by atoms with E-state index >= 15 is 0 Å². The maximum atomic E-state index is 14.8. The maximum Gasteiger partial charge on any atom is 0.343 e. The van der Waals surface area contributed by atoms with Crippen molar-refractivity contribution in [3.63, 3.8) is 0 Å².